The van der Waals surface area contributed by atoms with Gasteiger partial charge in [-0.3, -0.25) is 10.1 Å². The summed E-state index contributed by atoms with van der Waals surface area (Å²) in [6.07, 6.45) is 3.07. The summed E-state index contributed by atoms with van der Waals surface area (Å²) in [6, 6.07) is 6.01. The fraction of sp³-hybridized carbons (Fsp3) is 0.111. The van der Waals surface area contributed by atoms with Crippen molar-refractivity contribution in [2.75, 3.05) is 17.7 Å². The van der Waals surface area contributed by atoms with Crippen LogP contribution in [0.2, 0.25) is 0 Å². The molecule has 0 fully saturated rings. The minimum atomic E-state index is -0.891. The maximum atomic E-state index is 12.6. The summed E-state index contributed by atoms with van der Waals surface area (Å²) < 4.78 is 11.7. The largest absolute Gasteiger partial charge is 0.504 e. The molecule has 12 nitrogen and oxygen atoms in total. The number of hydrogen-bond donors (Lipinski definition) is 3. The highest BCUT2D eigenvalue weighted by Gasteiger charge is 2.20. The number of anilines is 3. The van der Waals surface area contributed by atoms with E-state index in [1.165, 1.54) is 31.5 Å². The van der Waals surface area contributed by atoms with Crippen molar-refractivity contribution in [1.29, 1.82) is 0 Å². The minimum absolute atomic E-state index is 0.0705. The van der Waals surface area contributed by atoms with Gasteiger partial charge >= 0.3 is 5.63 Å². The SMILES string of the molecule is COc1c(Nc2ncccc2O)cc(C(=O)Nc2nnc(-n3nccc3C)s2)oc1=O. The van der Waals surface area contributed by atoms with E-state index in [2.05, 4.69) is 30.9 Å². The van der Waals surface area contributed by atoms with Gasteiger partial charge in [0.1, 0.15) is 0 Å². The number of aromatic nitrogens is 5. The molecule has 4 rings (SSSR count). The first-order chi connectivity index (χ1) is 15.0. The lowest BCUT2D eigenvalue weighted by molar-refractivity contribution is 0.0991. The first kappa shape index (κ1) is 20.0. The molecule has 0 aliphatic heterocycles. The van der Waals surface area contributed by atoms with E-state index in [4.69, 9.17) is 9.15 Å². The van der Waals surface area contributed by atoms with Gasteiger partial charge in [0.05, 0.1) is 12.8 Å². The lowest BCUT2D eigenvalue weighted by atomic mass is 10.3. The fourth-order valence-electron chi connectivity index (χ4n) is 2.58. The van der Waals surface area contributed by atoms with Crippen LogP contribution in [0.4, 0.5) is 16.6 Å². The van der Waals surface area contributed by atoms with Crippen LogP contribution in [0.5, 0.6) is 11.5 Å². The molecule has 13 heteroatoms. The van der Waals surface area contributed by atoms with Crippen molar-refractivity contribution in [3.05, 3.63) is 58.5 Å². The molecule has 1 amide bonds. The molecule has 4 heterocycles. The van der Waals surface area contributed by atoms with Crippen molar-refractivity contribution in [1.82, 2.24) is 25.0 Å². The predicted molar refractivity (Wildman–Crippen MR) is 110 cm³/mol. The number of carbonyl (C=O) groups is 1. The Labute approximate surface area is 178 Å². The second-order valence-electron chi connectivity index (χ2n) is 6.07. The van der Waals surface area contributed by atoms with E-state index in [0.29, 0.717) is 5.13 Å². The second kappa shape index (κ2) is 8.23. The number of aromatic hydroxyl groups is 1. The number of rotatable bonds is 6. The molecule has 4 aromatic heterocycles. The van der Waals surface area contributed by atoms with E-state index in [0.717, 1.165) is 17.0 Å². The molecule has 4 aromatic rings. The van der Waals surface area contributed by atoms with E-state index in [1.54, 1.807) is 16.9 Å². The molecule has 0 saturated carbocycles. The lowest BCUT2D eigenvalue weighted by Crippen LogP contribution is -2.17. The molecule has 0 saturated heterocycles. The Morgan fingerprint density at radius 1 is 1.29 bits per heavy atom. The molecule has 0 aromatic carbocycles. The highest BCUT2D eigenvalue weighted by molar-refractivity contribution is 7.17. The van der Waals surface area contributed by atoms with Crippen LogP contribution < -0.4 is 21.0 Å². The van der Waals surface area contributed by atoms with Gasteiger partial charge in [-0.1, -0.05) is 11.3 Å². The zero-order valence-electron chi connectivity index (χ0n) is 16.2. The van der Waals surface area contributed by atoms with Crippen LogP contribution in [0, 0.1) is 6.92 Å². The number of carbonyl (C=O) groups excluding carboxylic acids is 1. The highest BCUT2D eigenvalue weighted by Crippen LogP contribution is 2.29. The zero-order chi connectivity index (χ0) is 22.0. The molecule has 0 aliphatic rings. The van der Waals surface area contributed by atoms with Crippen LogP contribution in [-0.2, 0) is 0 Å². The Balaban J connectivity index is 1.61. The van der Waals surface area contributed by atoms with E-state index < -0.39 is 11.5 Å². The zero-order valence-corrected chi connectivity index (χ0v) is 17.0. The Bertz CT molecular complexity index is 1310. The number of amides is 1. The first-order valence-corrected chi connectivity index (χ1v) is 9.57. The number of nitrogens with zero attached hydrogens (tertiary/aromatic N) is 5. The summed E-state index contributed by atoms with van der Waals surface area (Å²) >= 11 is 1.09. The third-order valence-corrected chi connectivity index (χ3v) is 4.84. The molecule has 0 unspecified atom stereocenters. The quantitative estimate of drug-likeness (QED) is 0.404. The van der Waals surface area contributed by atoms with Gasteiger partial charge in [0.15, 0.2) is 17.3 Å². The van der Waals surface area contributed by atoms with Crippen molar-refractivity contribution >= 4 is 33.9 Å². The maximum absolute atomic E-state index is 12.6. The van der Waals surface area contributed by atoms with Crippen molar-refractivity contribution in [3.8, 4) is 16.6 Å². The normalized spacial score (nSPS) is 10.6. The number of aryl methyl sites for hydroxylation is 1. The average Bonchev–Trinajstić information content (AvgIpc) is 3.38. The van der Waals surface area contributed by atoms with Crippen LogP contribution in [0.1, 0.15) is 16.2 Å². The minimum Gasteiger partial charge on any atom is -0.504 e. The van der Waals surface area contributed by atoms with Gasteiger partial charge in [0.2, 0.25) is 16.0 Å². The molecule has 158 valence electrons. The van der Waals surface area contributed by atoms with Crippen molar-refractivity contribution in [2.24, 2.45) is 0 Å². The highest BCUT2D eigenvalue weighted by atomic mass is 32.1. The maximum Gasteiger partial charge on any atom is 0.381 e. The van der Waals surface area contributed by atoms with Crippen LogP contribution in [0.3, 0.4) is 0 Å². The summed E-state index contributed by atoms with van der Waals surface area (Å²) in [5.41, 5.74) is 0.0462. The van der Waals surface area contributed by atoms with Gasteiger partial charge in [-0.05, 0) is 25.1 Å². The summed E-state index contributed by atoms with van der Waals surface area (Å²) in [5.74, 6) is -1.31. The third-order valence-electron chi connectivity index (χ3n) is 4.02. The van der Waals surface area contributed by atoms with Crippen LogP contribution in [0.15, 0.2) is 45.9 Å². The molecule has 31 heavy (non-hydrogen) atoms. The summed E-state index contributed by atoms with van der Waals surface area (Å²) in [6.45, 7) is 1.85. The smallest absolute Gasteiger partial charge is 0.381 e. The van der Waals surface area contributed by atoms with Crippen LogP contribution in [-0.4, -0.2) is 43.1 Å². The Kier molecular flexibility index (Phi) is 5.32. The molecule has 0 atom stereocenters. The van der Waals surface area contributed by atoms with Gasteiger partial charge in [0.25, 0.3) is 5.91 Å². The molecular formula is C18H15N7O5S. The summed E-state index contributed by atoms with van der Waals surface area (Å²) in [7, 11) is 1.27. The van der Waals surface area contributed by atoms with E-state index in [9.17, 15) is 14.7 Å². The molecule has 0 bridgehead atoms. The Morgan fingerprint density at radius 2 is 2.13 bits per heavy atom. The Hall–Kier alpha value is -4.26. The van der Waals surface area contributed by atoms with Gasteiger partial charge in [-0.15, -0.1) is 10.2 Å². The van der Waals surface area contributed by atoms with Gasteiger partial charge in [-0.2, -0.15) is 5.10 Å². The van der Waals surface area contributed by atoms with Gasteiger partial charge in [0, 0.05) is 24.2 Å². The molecule has 0 spiro atoms. The lowest BCUT2D eigenvalue weighted by Gasteiger charge is -2.11. The van der Waals surface area contributed by atoms with Crippen molar-refractivity contribution in [3.63, 3.8) is 0 Å². The van der Waals surface area contributed by atoms with Crippen LogP contribution in [0.25, 0.3) is 5.13 Å². The van der Waals surface area contributed by atoms with Crippen LogP contribution >= 0.6 is 11.3 Å². The topological polar surface area (TPSA) is 157 Å². The molecular weight excluding hydrogens is 426 g/mol. The van der Waals surface area contributed by atoms with E-state index in [-0.39, 0.29) is 33.9 Å². The third kappa shape index (κ3) is 4.06. The molecule has 0 aliphatic carbocycles. The first-order valence-electron chi connectivity index (χ1n) is 8.75. The molecule has 0 radical (unpaired) electrons. The standard InChI is InChI=1S/C18H15N7O5S/c1-9-5-7-20-25(9)18-24-23-17(31-18)22-15(27)12-8-10(13(29-2)16(28)30-12)21-14-11(26)4-3-6-19-14/h3-8,26H,1-2H3,(H,19,21)(H,22,23,27). The number of hydrogen-bond acceptors (Lipinski definition) is 11. The second-order valence-corrected chi connectivity index (χ2v) is 7.03. The fourth-order valence-corrected chi connectivity index (χ4v) is 3.34. The number of methoxy groups -OCH3 is 1. The van der Waals surface area contributed by atoms with E-state index >= 15 is 0 Å². The van der Waals surface area contributed by atoms with Crippen molar-refractivity contribution in [2.45, 2.75) is 6.92 Å². The number of nitrogens with one attached hydrogen (secondary N) is 2. The summed E-state index contributed by atoms with van der Waals surface area (Å²) in [4.78, 5) is 28.9. The summed E-state index contributed by atoms with van der Waals surface area (Å²) in [5, 5.41) is 27.9. The van der Waals surface area contributed by atoms with Gasteiger partial charge in [-0.25, -0.2) is 14.5 Å². The number of ether oxygens (including phenoxy) is 1. The molecule has 3 N–H and O–H groups in total. The van der Waals surface area contributed by atoms with Crippen molar-refractivity contribution < 1.29 is 19.1 Å². The van der Waals surface area contributed by atoms with Gasteiger partial charge < -0.3 is 19.6 Å². The number of pyridine rings is 1. The Morgan fingerprint density at radius 3 is 2.84 bits per heavy atom. The average molecular weight is 441 g/mol. The van der Waals surface area contributed by atoms with E-state index in [1.807, 2.05) is 6.92 Å². The monoisotopic (exact) mass is 441 g/mol. The predicted octanol–water partition coefficient (Wildman–Crippen LogP) is 2.09.